The van der Waals surface area contributed by atoms with Crippen LogP contribution in [0.25, 0.3) is 0 Å². The van der Waals surface area contributed by atoms with E-state index in [2.05, 4.69) is 44.0 Å². The average molecular weight is 187 g/mol. The monoisotopic (exact) mass is 187 g/mol. The molecule has 0 bridgehead atoms. The summed E-state index contributed by atoms with van der Waals surface area (Å²) < 4.78 is 0. The van der Waals surface area contributed by atoms with E-state index in [1.54, 1.807) is 0 Å². The van der Waals surface area contributed by atoms with E-state index in [-0.39, 0.29) is 5.41 Å². The molecule has 0 aromatic carbocycles. The molecule has 1 heteroatoms. The zero-order valence-electron chi connectivity index (χ0n) is 9.17. The summed E-state index contributed by atoms with van der Waals surface area (Å²) >= 11 is 0. The van der Waals surface area contributed by atoms with E-state index >= 15 is 0 Å². The minimum atomic E-state index is 0.286. The fourth-order valence-corrected chi connectivity index (χ4v) is 2.01. The first-order valence-electron chi connectivity index (χ1n) is 5.20. The van der Waals surface area contributed by atoms with Gasteiger partial charge >= 0.3 is 0 Å². The molecule has 0 aromatic rings. The zero-order valence-corrected chi connectivity index (χ0v) is 9.17. The number of fused-ring (bicyclic) bond motifs is 1. The summed E-state index contributed by atoms with van der Waals surface area (Å²) in [5.74, 6) is 0. The molecule has 1 aliphatic heterocycles. The van der Waals surface area contributed by atoms with Gasteiger partial charge in [0.05, 0.1) is 0 Å². The van der Waals surface area contributed by atoms with Gasteiger partial charge in [-0.05, 0) is 29.9 Å². The van der Waals surface area contributed by atoms with E-state index in [0.29, 0.717) is 0 Å². The molecule has 0 spiro atoms. The highest BCUT2D eigenvalue weighted by molar-refractivity contribution is 5.65. The van der Waals surface area contributed by atoms with Gasteiger partial charge in [0.2, 0.25) is 0 Å². The van der Waals surface area contributed by atoms with E-state index in [9.17, 15) is 0 Å². The van der Waals surface area contributed by atoms with Crippen molar-refractivity contribution in [2.75, 3.05) is 0 Å². The van der Waals surface area contributed by atoms with Gasteiger partial charge < -0.3 is 0 Å². The number of hydrogen-bond acceptors (Lipinski definition) is 1. The van der Waals surface area contributed by atoms with E-state index in [1.807, 2.05) is 6.21 Å². The fraction of sp³-hybridized carbons (Fsp3) is 0.462. The Labute approximate surface area is 85.9 Å². The fourth-order valence-electron chi connectivity index (χ4n) is 2.01. The van der Waals surface area contributed by atoms with Gasteiger partial charge in [0.15, 0.2) is 0 Å². The molecule has 2 aliphatic rings. The van der Waals surface area contributed by atoms with E-state index in [1.165, 1.54) is 16.8 Å². The Morgan fingerprint density at radius 1 is 1.36 bits per heavy atom. The molecule has 0 N–H and O–H groups in total. The van der Waals surface area contributed by atoms with Crippen molar-refractivity contribution in [2.45, 2.75) is 33.6 Å². The molecule has 14 heavy (non-hydrogen) atoms. The smallest absolute Gasteiger partial charge is 0.0406 e. The van der Waals surface area contributed by atoms with Gasteiger partial charge in [-0.25, -0.2) is 0 Å². The Hall–Kier alpha value is -1.11. The zero-order chi connectivity index (χ0) is 10.2. The van der Waals surface area contributed by atoms with E-state index in [0.717, 1.165) is 12.8 Å². The Kier molecular flexibility index (Phi) is 2.18. The molecule has 0 saturated carbocycles. The van der Waals surface area contributed by atoms with Crippen molar-refractivity contribution in [2.24, 2.45) is 10.4 Å². The predicted molar refractivity (Wildman–Crippen MR) is 61.4 cm³/mol. The van der Waals surface area contributed by atoms with Crippen molar-refractivity contribution in [3.05, 3.63) is 35.1 Å². The molecular weight excluding hydrogens is 170 g/mol. The second-order valence-electron chi connectivity index (χ2n) is 4.77. The maximum atomic E-state index is 4.44. The third-order valence-electron chi connectivity index (χ3n) is 2.86. The molecule has 1 heterocycles. The first-order chi connectivity index (χ1) is 6.58. The molecule has 0 aromatic heterocycles. The third kappa shape index (κ3) is 1.72. The molecule has 74 valence electrons. The first kappa shape index (κ1) is 9.45. The topological polar surface area (TPSA) is 12.4 Å². The molecule has 0 fully saturated rings. The highest BCUT2D eigenvalue weighted by atomic mass is 14.7. The van der Waals surface area contributed by atoms with Crippen molar-refractivity contribution in [1.82, 2.24) is 0 Å². The molecule has 0 saturated heterocycles. The lowest BCUT2D eigenvalue weighted by atomic mass is 9.77. The van der Waals surface area contributed by atoms with Crippen LogP contribution in [0.4, 0.5) is 0 Å². The Morgan fingerprint density at radius 3 is 2.93 bits per heavy atom. The lowest BCUT2D eigenvalue weighted by molar-refractivity contribution is 0.468. The van der Waals surface area contributed by atoms with Gasteiger partial charge in [-0.2, -0.15) is 0 Å². The second-order valence-corrected chi connectivity index (χ2v) is 4.77. The minimum absolute atomic E-state index is 0.286. The van der Waals surface area contributed by atoms with Crippen molar-refractivity contribution in [3.63, 3.8) is 0 Å². The van der Waals surface area contributed by atoms with Gasteiger partial charge in [0.25, 0.3) is 0 Å². The maximum Gasteiger partial charge on any atom is 0.0406 e. The molecule has 1 nitrogen and oxygen atoms in total. The summed E-state index contributed by atoms with van der Waals surface area (Å²) in [6.07, 6.45) is 10.9. The lowest BCUT2D eigenvalue weighted by Crippen LogP contribution is -2.14. The third-order valence-corrected chi connectivity index (χ3v) is 2.86. The second kappa shape index (κ2) is 3.23. The van der Waals surface area contributed by atoms with Gasteiger partial charge in [-0.1, -0.05) is 32.1 Å². The summed E-state index contributed by atoms with van der Waals surface area (Å²) in [4.78, 5) is 4.44. The quantitative estimate of drug-likeness (QED) is 0.549. The van der Waals surface area contributed by atoms with Crippen molar-refractivity contribution >= 4 is 6.21 Å². The van der Waals surface area contributed by atoms with Crippen LogP contribution >= 0.6 is 0 Å². The largest absolute Gasteiger partial charge is 0.265 e. The number of allylic oxidation sites excluding steroid dienone is 6. The number of aliphatic imine (C=N–C) groups is 1. The minimum Gasteiger partial charge on any atom is -0.265 e. The summed E-state index contributed by atoms with van der Waals surface area (Å²) in [6, 6.07) is 0. The van der Waals surface area contributed by atoms with Gasteiger partial charge in [-0.3, -0.25) is 4.99 Å². The van der Waals surface area contributed by atoms with Crippen LogP contribution in [0.5, 0.6) is 0 Å². The molecule has 0 unspecified atom stereocenters. The van der Waals surface area contributed by atoms with Crippen LogP contribution in [0.1, 0.15) is 33.6 Å². The molecule has 0 radical (unpaired) electrons. The van der Waals surface area contributed by atoms with E-state index in [4.69, 9.17) is 0 Å². The normalized spacial score (nSPS) is 24.4. The highest BCUT2D eigenvalue weighted by Gasteiger charge is 2.23. The van der Waals surface area contributed by atoms with Crippen LogP contribution < -0.4 is 0 Å². The lowest BCUT2D eigenvalue weighted by Gasteiger charge is -2.28. The number of nitrogens with zero attached hydrogens (tertiary/aromatic N) is 1. The molecule has 0 amide bonds. The van der Waals surface area contributed by atoms with Crippen molar-refractivity contribution < 1.29 is 0 Å². The van der Waals surface area contributed by atoms with Crippen molar-refractivity contribution in [3.8, 4) is 0 Å². The Morgan fingerprint density at radius 2 is 2.14 bits per heavy atom. The van der Waals surface area contributed by atoms with Crippen LogP contribution in [-0.4, -0.2) is 6.21 Å². The Balaban J connectivity index is 2.48. The van der Waals surface area contributed by atoms with E-state index < -0.39 is 0 Å². The molecule has 0 atom stereocenters. The standard InChI is InChI=1S/C13H17N/c1-10-12-9-13(2,3)7-6-11(12)5-4-8-14-10/h5-8H,4,9H2,1-3H3. The van der Waals surface area contributed by atoms with Gasteiger partial charge in [0, 0.05) is 18.3 Å². The van der Waals surface area contributed by atoms with Crippen molar-refractivity contribution in [1.29, 1.82) is 0 Å². The average Bonchev–Trinajstić information content (AvgIpc) is 2.28. The molecule has 1 aliphatic carbocycles. The van der Waals surface area contributed by atoms with Crippen LogP contribution in [0.2, 0.25) is 0 Å². The highest BCUT2D eigenvalue weighted by Crippen LogP contribution is 2.38. The van der Waals surface area contributed by atoms with Crippen LogP contribution in [0.3, 0.4) is 0 Å². The summed E-state index contributed by atoms with van der Waals surface area (Å²) in [7, 11) is 0. The summed E-state index contributed by atoms with van der Waals surface area (Å²) in [5.41, 5.74) is 4.27. The first-order valence-corrected chi connectivity index (χ1v) is 5.20. The number of rotatable bonds is 0. The maximum absolute atomic E-state index is 4.44. The van der Waals surface area contributed by atoms with Gasteiger partial charge in [-0.15, -0.1) is 0 Å². The van der Waals surface area contributed by atoms with Crippen LogP contribution in [0, 0.1) is 5.41 Å². The van der Waals surface area contributed by atoms with Gasteiger partial charge in [0.1, 0.15) is 0 Å². The Bertz CT molecular complexity index is 365. The summed E-state index contributed by atoms with van der Waals surface area (Å²) in [6.45, 7) is 6.66. The van der Waals surface area contributed by atoms with Crippen LogP contribution in [0.15, 0.2) is 40.1 Å². The predicted octanol–water partition coefficient (Wildman–Crippen LogP) is 3.65. The SMILES string of the molecule is CC1=C2CC(C)(C)C=CC2=CCC=N1. The van der Waals surface area contributed by atoms with Crippen LogP contribution in [-0.2, 0) is 0 Å². The molecule has 2 rings (SSSR count). The number of hydrogen-bond donors (Lipinski definition) is 0. The molecular formula is C13H17N. The summed E-state index contributed by atoms with van der Waals surface area (Å²) in [5, 5.41) is 0.